The van der Waals surface area contributed by atoms with E-state index in [0.29, 0.717) is 23.1 Å². The molecule has 2 aromatic carbocycles. The normalized spacial score (nSPS) is 14.7. The Morgan fingerprint density at radius 1 is 0.938 bits per heavy atom. The third kappa shape index (κ3) is 3.00. The van der Waals surface area contributed by atoms with E-state index < -0.39 is 0 Å². The molecule has 5 heteroatoms. The number of carbonyl (C=O) groups excluding carboxylic acids is 2. The molecule has 156 valence electrons. The summed E-state index contributed by atoms with van der Waals surface area (Å²) in [6.45, 7) is 8.98. The largest absolute Gasteiger partial charge is 0.454 e. The molecule has 0 bridgehead atoms. The van der Waals surface area contributed by atoms with E-state index in [2.05, 4.69) is 37.5 Å². The molecule has 1 aliphatic rings. The van der Waals surface area contributed by atoms with Crippen molar-refractivity contribution >= 4 is 42.1 Å². The zero-order valence-corrected chi connectivity index (χ0v) is 18.6. The molecule has 0 aliphatic heterocycles. The third-order valence-electron chi connectivity index (χ3n) is 6.18. The smallest absolute Gasteiger partial charge is 0.197 e. The summed E-state index contributed by atoms with van der Waals surface area (Å²) in [5.41, 5.74) is 8.49. The van der Waals surface area contributed by atoms with Crippen LogP contribution in [0.1, 0.15) is 50.0 Å². The standard InChI is InChI=1S/C27H22BNO3/c1-5-29-18(11-21-26(30)19-7-6-17(28)10-20(19)27(21)31)12-23-22(29)13-24(32-23)25-15(3)8-14(2)9-16(25)4/h6-13H,5H2,1-4H3/b21-11-. The van der Waals surface area contributed by atoms with Crippen molar-refractivity contribution in [1.29, 1.82) is 0 Å². The average molecular weight is 419 g/mol. The number of allylic oxidation sites excluding steroid dienone is 1. The number of hydrogen-bond donors (Lipinski definition) is 0. The van der Waals surface area contributed by atoms with Crippen LogP contribution in [0, 0.1) is 20.8 Å². The van der Waals surface area contributed by atoms with E-state index in [1.807, 2.05) is 19.1 Å². The fourth-order valence-electron chi connectivity index (χ4n) is 4.85. The van der Waals surface area contributed by atoms with Crippen molar-refractivity contribution in [3.8, 4) is 11.3 Å². The second kappa shape index (κ2) is 7.23. The zero-order chi connectivity index (χ0) is 22.7. The van der Waals surface area contributed by atoms with Crippen LogP contribution >= 0.6 is 0 Å². The number of benzene rings is 2. The first kappa shape index (κ1) is 20.3. The molecule has 5 rings (SSSR count). The lowest BCUT2D eigenvalue weighted by Crippen LogP contribution is -2.05. The van der Waals surface area contributed by atoms with Gasteiger partial charge < -0.3 is 8.98 Å². The molecule has 0 saturated carbocycles. The van der Waals surface area contributed by atoms with Gasteiger partial charge in [0.1, 0.15) is 13.6 Å². The fraction of sp³-hybridized carbons (Fsp3) is 0.185. The predicted molar refractivity (Wildman–Crippen MR) is 128 cm³/mol. The molecule has 2 radical (unpaired) electrons. The number of furan rings is 1. The van der Waals surface area contributed by atoms with Gasteiger partial charge in [-0.05, 0) is 44.9 Å². The van der Waals surface area contributed by atoms with E-state index in [1.54, 1.807) is 24.3 Å². The van der Waals surface area contributed by atoms with Crippen molar-refractivity contribution < 1.29 is 14.0 Å². The van der Waals surface area contributed by atoms with Crippen LogP contribution in [0.25, 0.3) is 28.5 Å². The van der Waals surface area contributed by atoms with Crippen molar-refractivity contribution in [2.75, 3.05) is 0 Å². The second-order valence-corrected chi connectivity index (χ2v) is 8.47. The lowest BCUT2D eigenvalue weighted by Gasteiger charge is -2.09. The number of aromatic nitrogens is 1. The number of rotatable bonds is 3. The fourth-order valence-corrected chi connectivity index (χ4v) is 4.85. The van der Waals surface area contributed by atoms with Crippen molar-refractivity contribution in [3.05, 3.63) is 81.5 Å². The molecule has 0 atom stereocenters. The molecule has 0 spiro atoms. The Hall–Kier alpha value is -3.60. The first-order chi connectivity index (χ1) is 15.3. The summed E-state index contributed by atoms with van der Waals surface area (Å²) in [5.74, 6) is 0.267. The van der Waals surface area contributed by atoms with E-state index in [0.717, 1.165) is 28.1 Å². The molecular formula is C27H22BNO3. The number of aryl methyl sites for hydroxylation is 4. The van der Waals surface area contributed by atoms with Crippen LogP contribution in [0.4, 0.5) is 0 Å². The van der Waals surface area contributed by atoms with Crippen molar-refractivity contribution in [2.24, 2.45) is 0 Å². The summed E-state index contributed by atoms with van der Waals surface area (Å²) in [5, 5.41) is 0. The number of nitrogens with zero attached hydrogens (tertiary/aromatic N) is 1. The first-order valence-corrected chi connectivity index (χ1v) is 10.7. The van der Waals surface area contributed by atoms with Crippen LogP contribution in [0.3, 0.4) is 0 Å². The molecule has 0 N–H and O–H groups in total. The summed E-state index contributed by atoms with van der Waals surface area (Å²) in [7, 11) is 5.81. The number of carbonyl (C=O) groups is 2. The summed E-state index contributed by atoms with van der Waals surface area (Å²) < 4.78 is 8.30. The predicted octanol–water partition coefficient (Wildman–Crippen LogP) is 5.10. The van der Waals surface area contributed by atoms with Gasteiger partial charge in [-0.3, -0.25) is 9.59 Å². The van der Waals surface area contributed by atoms with Crippen molar-refractivity contribution in [3.63, 3.8) is 0 Å². The first-order valence-electron chi connectivity index (χ1n) is 10.7. The highest BCUT2D eigenvalue weighted by molar-refractivity contribution is 6.42. The molecule has 32 heavy (non-hydrogen) atoms. The molecule has 0 saturated heterocycles. The van der Waals surface area contributed by atoms with Crippen LogP contribution < -0.4 is 5.46 Å². The second-order valence-electron chi connectivity index (χ2n) is 8.47. The van der Waals surface area contributed by atoms with Gasteiger partial charge >= 0.3 is 0 Å². The van der Waals surface area contributed by atoms with Gasteiger partial charge in [0.15, 0.2) is 17.1 Å². The molecule has 0 unspecified atom stereocenters. The highest BCUT2D eigenvalue weighted by Gasteiger charge is 2.33. The molecular weight excluding hydrogens is 397 g/mol. The minimum absolute atomic E-state index is 0.158. The third-order valence-corrected chi connectivity index (χ3v) is 6.18. The molecule has 1 aliphatic carbocycles. The van der Waals surface area contributed by atoms with Crippen molar-refractivity contribution in [1.82, 2.24) is 4.57 Å². The SMILES string of the molecule is [B]c1ccc2c(c1)C(=O)/C(=C\c1cc3oc(-c4c(C)cc(C)cc4C)cc3n1CC)C2=O. The van der Waals surface area contributed by atoms with Gasteiger partial charge in [-0.1, -0.05) is 41.4 Å². The summed E-state index contributed by atoms with van der Waals surface area (Å²) >= 11 is 0. The van der Waals surface area contributed by atoms with Crippen LogP contribution in [-0.2, 0) is 6.54 Å². The van der Waals surface area contributed by atoms with Crippen LogP contribution in [0.15, 0.2) is 52.5 Å². The Labute approximate surface area is 188 Å². The van der Waals surface area contributed by atoms with Gasteiger partial charge in [0.2, 0.25) is 0 Å². The maximum Gasteiger partial charge on any atom is 0.197 e. The highest BCUT2D eigenvalue weighted by Crippen LogP contribution is 2.36. The van der Waals surface area contributed by atoms with E-state index in [9.17, 15) is 9.59 Å². The molecule has 0 amide bonds. The van der Waals surface area contributed by atoms with E-state index in [4.69, 9.17) is 12.3 Å². The van der Waals surface area contributed by atoms with E-state index in [-0.39, 0.29) is 17.1 Å². The van der Waals surface area contributed by atoms with Gasteiger partial charge in [-0.15, -0.1) is 0 Å². The summed E-state index contributed by atoms with van der Waals surface area (Å²) in [6.07, 6.45) is 1.67. The minimum Gasteiger partial charge on any atom is -0.454 e. The Kier molecular flexibility index (Phi) is 4.59. The molecule has 4 aromatic rings. The van der Waals surface area contributed by atoms with E-state index >= 15 is 0 Å². The Morgan fingerprint density at radius 2 is 1.62 bits per heavy atom. The minimum atomic E-state index is -0.288. The quantitative estimate of drug-likeness (QED) is 0.264. The van der Waals surface area contributed by atoms with Crippen LogP contribution in [-0.4, -0.2) is 24.0 Å². The summed E-state index contributed by atoms with van der Waals surface area (Å²) in [6, 6.07) is 13.1. The zero-order valence-electron chi connectivity index (χ0n) is 18.6. The maximum atomic E-state index is 12.9. The Bertz CT molecular complexity index is 1460. The van der Waals surface area contributed by atoms with Gasteiger partial charge in [0.05, 0.1) is 11.1 Å². The summed E-state index contributed by atoms with van der Waals surface area (Å²) in [4.78, 5) is 25.7. The Morgan fingerprint density at radius 3 is 2.31 bits per heavy atom. The van der Waals surface area contributed by atoms with Gasteiger partial charge in [0.25, 0.3) is 0 Å². The Balaban J connectivity index is 1.61. The number of fused-ring (bicyclic) bond motifs is 2. The van der Waals surface area contributed by atoms with E-state index in [1.165, 1.54) is 16.7 Å². The monoisotopic (exact) mass is 419 g/mol. The number of Topliss-reactive ketones (excluding diaryl/α,β-unsaturated/α-hetero) is 2. The van der Waals surface area contributed by atoms with Crippen LogP contribution in [0.5, 0.6) is 0 Å². The van der Waals surface area contributed by atoms with Crippen LogP contribution in [0.2, 0.25) is 0 Å². The maximum absolute atomic E-state index is 12.9. The topological polar surface area (TPSA) is 52.2 Å². The van der Waals surface area contributed by atoms with Gasteiger partial charge in [0, 0.05) is 41.1 Å². The molecule has 0 fully saturated rings. The molecule has 4 nitrogen and oxygen atoms in total. The molecule has 2 aromatic heterocycles. The number of ketones is 2. The average Bonchev–Trinajstić information content (AvgIpc) is 3.33. The lowest BCUT2D eigenvalue weighted by atomic mass is 9.92. The highest BCUT2D eigenvalue weighted by atomic mass is 16.3. The van der Waals surface area contributed by atoms with Gasteiger partial charge in [-0.25, -0.2) is 0 Å². The number of hydrogen-bond acceptors (Lipinski definition) is 3. The lowest BCUT2D eigenvalue weighted by molar-refractivity contribution is 0.0990. The van der Waals surface area contributed by atoms with Crippen molar-refractivity contribution in [2.45, 2.75) is 34.2 Å². The van der Waals surface area contributed by atoms with Gasteiger partial charge in [-0.2, -0.15) is 0 Å². The molecule has 2 heterocycles.